The lowest BCUT2D eigenvalue weighted by Crippen LogP contribution is -2.38. The largest absolute Gasteiger partial charge is 0.508 e. The van der Waals surface area contributed by atoms with E-state index in [4.69, 9.17) is 5.11 Å². The molecular formula is C14H17NO5. The van der Waals surface area contributed by atoms with Crippen LogP contribution in [0.2, 0.25) is 0 Å². The Morgan fingerprint density at radius 1 is 1.10 bits per heavy atom. The molecule has 2 rings (SSSR count). The third kappa shape index (κ3) is 3.40. The molecule has 0 radical (unpaired) electrons. The number of amides is 1. The standard InChI is InChI=1S/C14H17NO5/c16-11-6-10(7-12(17)8-11)14(20)15-3-1-9(2-4-15)5-13(18)19/h6-9,16-17H,1-5H2,(H,18,19). The van der Waals surface area contributed by atoms with Crippen molar-refractivity contribution in [3.05, 3.63) is 23.8 Å². The number of hydrogen-bond acceptors (Lipinski definition) is 4. The fraction of sp³-hybridized carbons (Fsp3) is 0.429. The van der Waals surface area contributed by atoms with E-state index in [9.17, 15) is 19.8 Å². The maximum atomic E-state index is 12.2. The minimum absolute atomic E-state index is 0.106. The van der Waals surface area contributed by atoms with Gasteiger partial charge in [-0.2, -0.15) is 0 Å². The minimum Gasteiger partial charge on any atom is -0.508 e. The van der Waals surface area contributed by atoms with Gasteiger partial charge < -0.3 is 20.2 Å². The van der Waals surface area contributed by atoms with E-state index in [0.29, 0.717) is 25.9 Å². The highest BCUT2D eigenvalue weighted by atomic mass is 16.4. The Bertz CT molecular complexity index is 500. The van der Waals surface area contributed by atoms with Crippen LogP contribution >= 0.6 is 0 Å². The van der Waals surface area contributed by atoms with E-state index in [2.05, 4.69) is 0 Å². The van der Waals surface area contributed by atoms with E-state index >= 15 is 0 Å². The van der Waals surface area contributed by atoms with Gasteiger partial charge >= 0.3 is 5.97 Å². The zero-order chi connectivity index (χ0) is 14.7. The number of carboxylic acids is 1. The average molecular weight is 279 g/mol. The van der Waals surface area contributed by atoms with Crippen molar-refractivity contribution in [3.63, 3.8) is 0 Å². The number of aromatic hydroxyl groups is 2. The molecule has 0 aromatic heterocycles. The summed E-state index contributed by atoms with van der Waals surface area (Å²) in [6.07, 6.45) is 1.45. The highest BCUT2D eigenvalue weighted by Gasteiger charge is 2.25. The molecule has 6 nitrogen and oxygen atoms in total. The lowest BCUT2D eigenvalue weighted by atomic mass is 9.93. The van der Waals surface area contributed by atoms with E-state index in [1.807, 2.05) is 0 Å². The van der Waals surface area contributed by atoms with Crippen molar-refractivity contribution in [3.8, 4) is 11.5 Å². The van der Waals surface area contributed by atoms with Crippen molar-refractivity contribution in [1.82, 2.24) is 4.90 Å². The molecule has 1 aromatic rings. The van der Waals surface area contributed by atoms with E-state index in [0.717, 1.165) is 6.07 Å². The topological polar surface area (TPSA) is 98.1 Å². The van der Waals surface area contributed by atoms with Crippen LogP contribution in [0.3, 0.4) is 0 Å². The van der Waals surface area contributed by atoms with Gasteiger partial charge in [0.25, 0.3) is 5.91 Å². The van der Waals surface area contributed by atoms with Crippen LogP contribution in [-0.2, 0) is 4.79 Å². The van der Waals surface area contributed by atoms with Gasteiger partial charge in [-0.05, 0) is 30.9 Å². The van der Waals surface area contributed by atoms with Crippen LogP contribution in [0.4, 0.5) is 0 Å². The Hall–Kier alpha value is -2.24. The molecule has 20 heavy (non-hydrogen) atoms. The number of piperidine rings is 1. The smallest absolute Gasteiger partial charge is 0.303 e. The molecule has 6 heteroatoms. The van der Waals surface area contributed by atoms with Gasteiger partial charge in [0, 0.05) is 31.1 Å². The first-order valence-corrected chi connectivity index (χ1v) is 6.50. The number of benzene rings is 1. The fourth-order valence-corrected chi connectivity index (χ4v) is 2.49. The number of aliphatic carboxylic acids is 1. The summed E-state index contributed by atoms with van der Waals surface area (Å²) in [5.74, 6) is -1.28. The lowest BCUT2D eigenvalue weighted by Gasteiger charge is -2.31. The normalized spacial score (nSPS) is 16.1. The molecule has 1 saturated heterocycles. The number of phenols is 2. The molecule has 0 unspecified atom stereocenters. The molecule has 1 aliphatic rings. The van der Waals surface area contributed by atoms with Gasteiger partial charge in [-0.1, -0.05) is 0 Å². The first-order chi connectivity index (χ1) is 9.45. The van der Waals surface area contributed by atoms with Gasteiger partial charge in [0.15, 0.2) is 0 Å². The summed E-state index contributed by atoms with van der Waals surface area (Å²) < 4.78 is 0. The van der Waals surface area contributed by atoms with Crippen LogP contribution in [0.5, 0.6) is 11.5 Å². The molecule has 0 spiro atoms. The van der Waals surface area contributed by atoms with Crippen LogP contribution in [0.1, 0.15) is 29.6 Å². The molecule has 1 aliphatic heterocycles. The molecule has 0 bridgehead atoms. The van der Waals surface area contributed by atoms with E-state index in [-0.39, 0.29) is 35.3 Å². The van der Waals surface area contributed by atoms with E-state index < -0.39 is 5.97 Å². The Morgan fingerprint density at radius 3 is 2.15 bits per heavy atom. The van der Waals surface area contributed by atoms with Crippen molar-refractivity contribution in [1.29, 1.82) is 0 Å². The maximum Gasteiger partial charge on any atom is 0.303 e. The van der Waals surface area contributed by atoms with Gasteiger partial charge in [-0.15, -0.1) is 0 Å². The van der Waals surface area contributed by atoms with Crippen LogP contribution in [0, 0.1) is 5.92 Å². The maximum absolute atomic E-state index is 12.2. The molecule has 0 saturated carbocycles. The van der Waals surface area contributed by atoms with Crippen molar-refractivity contribution in [2.75, 3.05) is 13.1 Å². The van der Waals surface area contributed by atoms with Crippen LogP contribution in [0.25, 0.3) is 0 Å². The molecular weight excluding hydrogens is 262 g/mol. The quantitative estimate of drug-likeness (QED) is 0.777. The summed E-state index contributed by atoms with van der Waals surface area (Å²) in [5, 5.41) is 27.5. The Kier molecular flexibility index (Phi) is 4.12. The number of likely N-dealkylation sites (tertiary alicyclic amines) is 1. The lowest BCUT2D eigenvalue weighted by molar-refractivity contribution is -0.138. The summed E-state index contributed by atoms with van der Waals surface area (Å²) in [6.45, 7) is 0.987. The fourth-order valence-electron chi connectivity index (χ4n) is 2.49. The third-order valence-corrected chi connectivity index (χ3v) is 3.51. The van der Waals surface area contributed by atoms with Crippen molar-refractivity contribution in [2.45, 2.75) is 19.3 Å². The minimum atomic E-state index is -0.812. The van der Waals surface area contributed by atoms with Crippen molar-refractivity contribution in [2.24, 2.45) is 5.92 Å². The highest BCUT2D eigenvalue weighted by molar-refractivity contribution is 5.95. The van der Waals surface area contributed by atoms with Crippen LogP contribution in [-0.4, -0.2) is 45.2 Å². The second-order valence-corrected chi connectivity index (χ2v) is 5.07. The molecule has 1 fully saturated rings. The number of carboxylic acid groups (broad SMARTS) is 1. The molecule has 1 amide bonds. The average Bonchev–Trinajstić information content (AvgIpc) is 2.37. The zero-order valence-electron chi connectivity index (χ0n) is 11.0. The number of rotatable bonds is 3. The summed E-state index contributed by atoms with van der Waals surface area (Å²) in [5.41, 5.74) is 0.235. The SMILES string of the molecule is O=C(O)CC1CCN(C(=O)c2cc(O)cc(O)c2)CC1. The first kappa shape index (κ1) is 14.2. The molecule has 3 N–H and O–H groups in total. The highest BCUT2D eigenvalue weighted by Crippen LogP contribution is 2.25. The van der Waals surface area contributed by atoms with E-state index in [1.54, 1.807) is 4.90 Å². The summed E-state index contributed by atoms with van der Waals surface area (Å²) >= 11 is 0. The number of carbonyl (C=O) groups is 2. The molecule has 1 aromatic carbocycles. The Labute approximate surface area is 116 Å². The van der Waals surface area contributed by atoms with E-state index in [1.165, 1.54) is 12.1 Å². The monoisotopic (exact) mass is 279 g/mol. The number of carbonyl (C=O) groups excluding carboxylic acids is 1. The second kappa shape index (κ2) is 5.81. The number of nitrogens with zero attached hydrogens (tertiary/aromatic N) is 1. The summed E-state index contributed by atoms with van der Waals surface area (Å²) in [4.78, 5) is 24.5. The molecule has 0 aliphatic carbocycles. The number of hydrogen-bond donors (Lipinski definition) is 3. The third-order valence-electron chi connectivity index (χ3n) is 3.51. The zero-order valence-corrected chi connectivity index (χ0v) is 11.0. The second-order valence-electron chi connectivity index (χ2n) is 5.07. The Morgan fingerprint density at radius 2 is 1.65 bits per heavy atom. The van der Waals surface area contributed by atoms with Gasteiger partial charge in [0.05, 0.1) is 0 Å². The van der Waals surface area contributed by atoms with Gasteiger partial charge in [-0.3, -0.25) is 9.59 Å². The predicted molar refractivity (Wildman–Crippen MR) is 70.7 cm³/mol. The van der Waals surface area contributed by atoms with Crippen molar-refractivity contribution >= 4 is 11.9 Å². The molecule has 0 atom stereocenters. The molecule has 108 valence electrons. The van der Waals surface area contributed by atoms with Crippen LogP contribution in [0.15, 0.2) is 18.2 Å². The van der Waals surface area contributed by atoms with Crippen LogP contribution < -0.4 is 0 Å². The number of phenolic OH excluding ortho intramolecular Hbond substituents is 2. The first-order valence-electron chi connectivity index (χ1n) is 6.50. The summed E-state index contributed by atoms with van der Waals surface area (Å²) in [6, 6.07) is 3.78. The van der Waals surface area contributed by atoms with Gasteiger partial charge in [-0.25, -0.2) is 0 Å². The van der Waals surface area contributed by atoms with Gasteiger partial charge in [0.2, 0.25) is 0 Å². The molecule has 1 heterocycles. The van der Waals surface area contributed by atoms with Gasteiger partial charge in [0.1, 0.15) is 11.5 Å². The summed E-state index contributed by atoms with van der Waals surface area (Å²) in [7, 11) is 0. The predicted octanol–water partition coefficient (Wildman–Crippen LogP) is 1.42. The Balaban J connectivity index is 1.99. The van der Waals surface area contributed by atoms with Crippen molar-refractivity contribution < 1.29 is 24.9 Å².